The summed E-state index contributed by atoms with van der Waals surface area (Å²) in [6, 6.07) is 14.7. The number of rotatable bonds is 6. The number of likely N-dealkylation sites (tertiary alicyclic amines) is 1. The number of aromatic nitrogens is 1. The average molecular weight is 492 g/mol. The van der Waals surface area contributed by atoms with Gasteiger partial charge in [-0.1, -0.05) is 44.2 Å². The van der Waals surface area contributed by atoms with Crippen molar-refractivity contribution in [2.75, 3.05) is 13.1 Å². The van der Waals surface area contributed by atoms with E-state index in [1.54, 1.807) is 41.4 Å². The number of hydrogen-bond donors (Lipinski definition) is 4. The van der Waals surface area contributed by atoms with Crippen molar-refractivity contribution in [2.45, 2.75) is 46.1 Å². The molecule has 2 amide bonds. The molecular formula is C28H33N3O5. The molecule has 8 nitrogen and oxygen atoms in total. The van der Waals surface area contributed by atoms with Crippen molar-refractivity contribution >= 4 is 11.8 Å². The van der Waals surface area contributed by atoms with E-state index in [0.717, 1.165) is 24.1 Å². The zero-order valence-corrected chi connectivity index (χ0v) is 20.9. The Morgan fingerprint density at radius 2 is 1.56 bits per heavy atom. The molecule has 1 aliphatic rings. The van der Waals surface area contributed by atoms with Gasteiger partial charge in [-0.05, 0) is 60.7 Å². The van der Waals surface area contributed by atoms with Gasteiger partial charge in [0.05, 0.1) is 0 Å². The molecule has 8 heteroatoms. The highest BCUT2D eigenvalue weighted by Gasteiger charge is 2.23. The highest BCUT2D eigenvalue weighted by molar-refractivity contribution is 6.01. The largest absolute Gasteiger partial charge is 0.348 e. The first-order chi connectivity index (χ1) is 17.2. The number of pyridine rings is 1. The van der Waals surface area contributed by atoms with Crippen molar-refractivity contribution in [3.05, 3.63) is 88.7 Å². The first-order valence-electron chi connectivity index (χ1n) is 12.1. The third-order valence-electron chi connectivity index (χ3n) is 5.87. The van der Waals surface area contributed by atoms with Crippen molar-refractivity contribution in [2.24, 2.45) is 0 Å². The molecule has 1 aromatic heterocycles. The summed E-state index contributed by atoms with van der Waals surface area (Å²) in [5.41, 5.74) is 3.68. The van der Waals surface area contributed by atoms with Gasteiger partial charge in [-0.25, -0.2) is 0 Å². The van der Waals surface area contributed by atoms with Gasteiger partial charge < -0.3 is 25.5 Å². The van der Waals surface area contributed by atoms with Crippen molar-refractivity contribution in [3.8, 4) is 11.1 Å². The van der Waals surface area contributed by atoms with E-state index in [1.807, 2.05) is 32.9 Å². The van der Waals surface area contributed by atoms with Crippen molar-refractivity contribution in [3.63, 3.8) is 0 Å². The molecule has 0 saturated carbocycles. The van der Waals surface area contributed by atoms with Crippen LogP contribution in [0.25, 0.3) is 11.1 Å². The van der Waals surface area contributed by atoms with E-state index in [9.17, 15) is 24.9 Å². The highest BCUT2D eigenvalue weighted by Crippen LogP contribution is 2.26. The lowest BCUT2D eigenvalue weighted by Gasteiger charge is -2.18. The number of nitrogens with zero attached hydrogens (tertiary/aromatic N) is 2. The van der Waals surface area contributed by atoms with E-state index in [1.165, 1.54) is 12.1 Å². The average Bonchev–Trinajstić information content (AvgIpc) is 3.43. The smallest absolute Gasteiger partial charge is 0.304 e. The van der Waals surface area contributed by atoms with Crippen LogP contribution in [0.2, 0.25) is 0 Å². The van der Waals surface area contributed by atoms with Crippen LogP contribution < -0.4 is 5.32 Å². The zero-order valence-electron chi connectivity index (χ0n) is 20.9. The molecule has 1 saturated heterocycles. The van der Waals surface area contributed by atoms with Gasteiger partial charge in [0.25, 0.3) is 11.8 Å². The van der Waals surface area contributed by atoms with Gasteiger partial charge in [0.15, 0.2) is 0 Å². The Kier molecular flexibility index (Phi) is 8.93. The lowest BCUT2D eigenvalue weighted by atomic mass is 9.97. The van der Waals surface area contributed by atoms with E-state index in [2.05, 4.69) is 10.3 Å². The molecule has 190 valence electrons. The second kappa shape index (κ2) is 11.9. The van der Waals surface area contributed by atoms with Gasteiger partial charge in [-0.15, -0.1) is 0 Å². The third-order valence-corrected chi connectivity index (χ3v) is 5.87. The molecule has 0 radical (unpaired) electrons. The number of carbonyl (C=O) groups is 2. The number of aryl methyl sites for hydroxylation is 1. The van der Waals surface area contributed by atoms with Gasteiger partial charge >= 0.3 is 5.97 Å². The zero-order chi connectivity index (χ0) is 26.3. The second-order valence-electron chi connectivity index (χ2n) is 8.50. The Balaban J connectivity index is 0.00000176. The van der Waals surface area contributed by atoms with Gasteiger partial charge in [-0.3, -0.25) is 14.6 Å². The molecule has 36 heavy (non-hydrogen) atoms. The fourth-order valence-corrected chi connectivity index (χ4v) is 3.93. The standard InChI is InChI=1S/C26H27N3O5.C2H6/c1-17-4-5-18(15-27-17)16-28-24(30)21-12-20(19-6-8-23(9-7-19)26(32,33)34)13-22(14-21)25(31)29-10-2-3-11-29;1-2/h4-9,12-15,32-34H,2-3,10-11,16H2,1H3,(H,28,30);1-2H3. The summed E-state index contributed by atoms with van der Waals surface area (Å²) in [4.78, 5) is 32.1. The van der Waals surface area contributed by atoms with Crippen LogP contribution in [0.4, 0.5) is 0 Å². The van der Waals surface area contributed by atoms with Crippen LogP contribution in [0.1, 0.15) is 64.2 Å². The monoisotopic (exact) mass is 491 g/mol. The Bertz CT molecular complexity index is 1180. The molecule has 2 aromatic carbocycles. The maximum atomic E-state index is 13.1. The fourth-order valence-electron chi connectivity index (χ4n) is 3.93. The summed E-state index contributed by atoms with van der Waals surface area (Å²) in [7, 11) is 0. The molecule has 0 unspecified atom stereocenters. The highest BCUT2D eigenvalue weighted by atomic mass is 16.7. The minimum atomic E-state index is -2.94. The van der Waals surface area contributed by atoms with Crippen molar-refractivity contribution in [1.29, 1.82) is 0 Å². The van der Waals surface area contributed by atoms with E-state index >= 15 is 0 Å². The van der Waals surface area contributed by atoms with Crippen LogP contribution in [0.3, 0.4) is 0 Å². The molecular weight excluding hydrogens is 458 g/mol. The predicted molar refractivity (Wildman–Crippen MR) is 137 cm³/mol. The number of nitrogens with one attached hydrogen (secondary N) is 1. The fraction of sp³-hybridized carbons (Fsp3) is 0.321. The van der Waals surface area contributed by atoms with Gasteiger partial charge in [0, 0.05) is 48.2 Å². The lowest BCUT2D eigenvalue weighted by Crippen LogP contribution is -2.28. The Hall–Kier alpha value is -3.59. The van der Waals surface area contributed by atoms with Gasteiger partial charge in [0.1, 0.15) is 0 Å². The van der Waals surface area contributed by atoms with E-state index in [0.29, 0.717) is 41.9 Å². The van der Waals surface area contributed by atoms with E-state index in [-0.39, 0.29) is 17.4 Å². The van der Waals surface area contributed by atoms with Crippen LogP contribution in [0.5, 0.6) is 0 Å². The third kappa shape index (κ3) is 6.75. The Morgan fingerprint density at radius 3 is 2.14 bits per heavy atom. The molecule has 0 spiro atoms. The SMILES string of the molecule is CC.Cc1ccc(CNC(=O)c2cc(C(=O)N3CCCC3)cc(-c3ccc(C(O)(O)O)cc3)c2)cn1. The summed E-state index contributed by atoms with van der Waals surface area (Å²) in [6.45, 7) is 7.56. The van der Waals surface area contributed by atoms with Crippen molar-refractivity contribution in [1.82, 2.24) is 15.2 Å². The first kappa shape index (κ1) is 27.0. The predicted octanol–water partition coefficient (Wildman–Crippen LogP) is 3.34. The number of aliphatic hydroxyl groups is 3. The summed E-state index contributed by atoms with van der Waals surface area (Å²) >= 11 is 0. The molecule has 2 heterocycles. The summed E-state index contributed by atoms with van der Waals surface area (Å²) in [6.07, 6.45) is 3.62. The number of carbonyl (C=O) groups excluding carboxylic acids is 2. The van der Waals surface area contributed by atoms with E-state index < -0.39 is 5.97 Å². The maximum absolute atomic E-state index is 13.1. The molecule has 0 aliphatic carbocycles. The molecule has 0 bridgehead atoms. The number of benzene rings is 2. The van der Waals surface area contributed by atoms with Crippen LogP contribution in [-0.2, 0) is 12.5 Å². The normalized spacial score (nSPS) is 13.1. The summed E-state index contributed by atoms with van der Waals surface area (Å²) in [5.74, 6) is -3.40. The van der Waals surface area contributed by atoms with Crippen LogP contribution in [0, 0.1) is 6.92 Å². The lowest BCUT2D eigenvalue weighted by molar-refractivity contribution is -0.323. The molecule has 3 aromatic rings. The number of amides is 2. The summed E-state index contributed by atoms with van der Waals surface area (Å²) < 4.78 is 0. The first-order valence-corrected chi connectivity index (χ1v) is 12.1. The van der Waals surface area contributed by atoms with E-state index in [4.69, 9.17) is 0 Å². The summed E-state index contributed by atoms with van der Waals surface area (Å²) in [5, 5.41) is 31.0. The van der Waals surface area contributed by atoms with Crippen LogP contribution >= 0.6 is 0 Å². The Morgan fingerprint density at radius 1 is 0.917 bits per heavy atom. The van der Waals surface area contributed by atoms with Crippen LogP contribution in [0.15, 0.2) is 60.8 Å². The molecule has 0 atom stereocenters. The second-order valence-corrected chi connectivity index (χ2v) is 8.50. The van der Waals surface area contributed by atoms with Gasteiger partial charge in [-0.2, -0.15) is 0 Å². The quantitative estimate of drug-likeness (QED) is 0.392. The van der Waals surface area contributed by atoms with Crippen molar-refractivity contribution < 1.29 is 24.9 Å². The number of hydrogen-bond acceptors (Lipinski definition) is 6. The van der Waals surface area contributed by atoms with Crippen LogP contribution in [-0.4, -0.2) is 50.1 Å². The van der Waals surface area contributed by atoms with Gasteiger partial charge in [0.2, 0.25) is 0 Å². The molecule has 4 N–H and O–H groups in total. The maximum Gasteiger partial charge on any atom is 0.304 e. The Labute approximate surface area is 211 Å². The minimum Gasteiger partial charge on any atom is -0.348 e. The minimum absolute atomic E-state index is 0.0924. The molecule has 1 aliphatic heterocycles. The molecule has 4 rings (SSSR count). The molecule has 1 fully saturated rings. The topological polar surface area (TPSA) is 123 Å².